The average molecular weight is 113 g/mol. The summed E-state index contributed by atoms with van der Waals surface area (Å²) in [4.78, 5) is 9.60. The molecule has 2 heteroatoms. The summed E-state index contributed by atoms with van der Waals surface area (Å²) in [5.74, 6) is -0.935. The Kier molecular flexibility index (Phi) is 7.47. The van der Waals surface area contributed by atoms with E-state index in [-0.39, 0.29) is 5.57 Å². The predicted octanol–water partition coefficient (Wildman–Crippen LogP) is 1.25. The number of rotatable bonds is 1. The fourth-order valence-corrected chi connectivity index (χ4v) is 0. The van der Waals surface area contributed by atoms with Crippen molar-refractivity contribution in [2.45, 2.75) is 6.92 Å². The highest BCUT2D eigenvalue weighted by Gasteiger charge is 1.90. The molecule has 0 saturated carbocycles. The lowest BCUT2D eigenvalue weighted by atomic mass is 10.4. The molecule has 1 N–H and O–H groups in total. The third-order valence-corrected chi connectivity index (χ3v) is 0.365. The van der Waals surface area contributed by atoms with Gasteiger partial charge in [0.25, 0.3) is 0 Å². The zero-order chi connectivity index (χ0) is 7.15. The van der Waals surface area contributed by atoms with Crippen molar-refractivity contribution in [1.29, 1.82) is 0 Å². The molecular weight excluding hydrogens is 104 g/mol. The lowest BCUT2D eigenvalue weighted by Gasteiger charge is -1.79. The van der Waals surface area contributed by atoms with E-state index in [2.05, 4.69) is 19.7 Å². The van der Waals surface area contributed by atoms with Gasteiger partial charge in [-0.2, -0.15) is 0 Å². The van der Waals surface area contributed by atoms with Gasteiger partial charge < -0.3 is 5.11 Å². The second-order valence-electron chi connectivity index (χ2n) is 1.09. The molecule has 0 unspecified atom stereocenters. The van der Waals surface area contributed by atoms with Crippen LogP contribution in [0.2, 0.25) is 0 Å². The molecule has 0 heterocycles. The van der Waals surface area contributed by atoms with Crippen LogP contribution in [0.15, 0.2) is 18.7 Å². The van der Waals surface area contributed by atoms with E-state index in [1.54, 1.807) is 0 Å². The molecule has 0 rings (SSSR count). The second kappa shape index (κ2) is 5.95. The molecule has 0 aromatic carbocycles. The van der Waals surface area contributed by atoms with Gasteiger partial charge in [0.05, 0.1) is 0 Å². The van der Waals surface area contributed by atoms with E-state index in [1.807, 2.05) is 0 Å². The first-order chi connectivity index (χ1) is 3.64. The highest BCUT2D eigenvalue weighted by Crippen LogP contribution is 1.81. The summed E-state index contributed by atoms with van der Waals surface area (Å²) >= 11 is 0. The second-order valence-corrected chi connectivity index (χ2v) is 1.09. The third-order valence-electron chi connectivity index (χ3n) is 0.365. The number of hydrogen-bond donors (Lipinski definition) is 1. The molecule has 0 atom stereocenters. The Hall–Kier alpha value is -1.05. The Morgan fingerprint density at radius 3 is 1.75 bits per heavy atom. The van der Waals surface area contributed by atoms with Gasteiger partial charge in [-0.05, 0) is 6.92 Å². The molecule has 1 radical (unpaired) electrons. The lowest BCUT2D eigenvalue weighted by molar-refractivity contribution is -0.132. The van der Waals surface area contributed by atoms with Gasteiger partial charge in [-0.25, -0.2) is 4.79 Å². The first-order valence-corrected chi connectivity index (χ1v) is 1.94. The number of hydrogen-bond acceptors (Lipinski definition) is 1. The van der Waals surface area contributed by atoms with Gasteiger partial charge >= 0.3 is 5.97 Å². The van der Waals surface area contributed by atoms with E-state index >= 15 is 0 Å². The van der Waals surface area contributed by atoms with Crippen LogP contribution < -0.4 is 0 Å². The van der Waals surface area contributed by atoms with Crippen LogP contribution in [-0.4, -0.2) is 11.1 Å². The Bertz CT molecular complexity index is 82.7. The fraction of sp³-hybridized carbons (Fsp3) is 0.167. The van der Waals surface area contributed by atoms with Gasteiger partial charge in [0, 0.05) is 5.57 Å². The monoisotopic (exact) mass is 113 g/mol. The summed E-state index contributed by atoms with van der Waals surface area (Å²) < 4.78 is 0. The van der Waals surface area contributed by atoms with Crippen molar-refractivity contribution in [3.05, 3.63) is 25.3 Å². The van der Waals surface area contributed by atoms with Crippen LogP contribution in [0.3, 0.4) is 0 Å². The van der Waals surface area contributed by atoms with Crippen molar-refractivity contribution < 1.29 is 9.90 Å². The maximum atomic E-state index is 9.60. The first kappa shape index (κ1) is 10.0. The highest BCUT2D eigenvalue weighted by atomic mass is 16.4. The fourth-order valence-electron chi connectivity index (χ4n) is 0. The van der Waals surface area contributed by atoms with Gasteiger partial charge in [-0.1, -0.05) is 19.7 Å². The van der Waals surface area contributed by atoms with Crippen LogP contribution in [-0.2, 0) is 4.79 Å². The summed E-state index contributed by atoms with van der Waals surface area (Å²) in [7, 11) is 0. The SMILES string of the molecule is C=C(C)C(=O)O.[CH]=C. The maximum absolute atomic E-state index is 9.60. The van der Waals surface area contributed by atoms with E-state index in [4.69, 9.17) is 5.11 Å². The van der Waals surface area contributed by atoms with E-state index in [0.29, 0.717) is 0 Å². The van der Waals surface area contributed by atoms with Crippen LogP contribution in [0, 0.1) is 6.58 Å². The molecule has 0 saturated heterocycles. The number of carboxylic acid groups (broad SMARTS) is 1. The molecule has 0 amide bonds. The summed E-state index contributed by atoms with van der Waals surface area (Å²) in [6, 6.07) is 0. The molecule has 45 valence electrons. The molecule has 0 spiro atoms. The Morgan fingerprint density at radius 2 is 1.75 bits per heavy atom. The number of carboxylic acids is 1. The van der Waals surface area contributed by atoms with Crippen LogP contribution in [0.5, 0.6) is 0 Å². The van der Waals surface area contributed by atoms with Crippen molar-refractivity contribution in [2.75, 3.05) is 0 Å². The van der Waals surface area contributed by atoms with E-state index in [1.165, 1.54) is 6.92 Å². The predicted molar refractivity (Wildman–Crippen MR) is 32.4 cm³/mol. The normalized spacial score (nSPS) is 6.12. The molecule has 8 heavy (non-hydrogen) atoms. The van der Waals surface area contributed by atoms with Gasteiger partial charge in [0.15, 0.2) is 0 Å². The van der Waals surface area contributed by atoms with Crippen molar-refractivity contribution in [3.8, 4) is 0 Å². The minimum absolute atomic E-state index is 0.176. The topological polar surface area (TPSA) is 37.3 Å². The first-order valence-electron chi connectivity index (χ1n) is 1.94. The largest absolute Gasteiger partial charge is 0.478 e. The lowest BCUT2D eigenvalue weighted by Crippen LogP contribution is -1.92. The van der Waals surface area contributed by atoms with Crippen molar-refractivity contribution in [3.63, 3.8) is 0 Å². The smallest absolute Gasteiger partial charge is 0.330 e. The quantitative estimate of drug-likeness (QED) is 0.519. The Morgan fingerprint density at radius 1 is 1.62 bits per heavy atom. The molecule has 0 aromatic heterocycles. The van der Waals surface area contributed by atoms with Gasteiger partial charge in [0.1, 0.15) is 0 Å². The van der Waals surface area contributed by atoms with Crippen molar-refractivity contribution in [1.82, 2.24) is 0 Å². The average Bonchev–Trinajstić information content (AvgIpc) is 1.72. The summed E-state index contributed by atoms with van der Waals surface area (Å²) in [6.07, 6.45) is 0. The number of carbonyl (C=O) groups is 1. The molecule has 0 aliphatic heterocycles. The molecule has 0 bridgehead atoms. The minimum Gasteiger partial charge on any atom is -0.478 e. The van der Waals surface area contributed by atoms with Crippen molar-refractivity contribution in [2.24, 2.45) is 0 Å². The van der Waals surface area contributed by atoms with E-state index in [0.717, 1.165) is 0 Å². The Labute approximate surface area is 49.1 Å². The number of aliphatic carboxylic acids is 1. The molecule has 2 nitrogen and oxygen atoms in total. The van der Waals surface area contributed by atoms with Crippen LogP contribution in [0.1, 0.15) is 6.92 Å². The van der Waals surface area contributed by atoms with Gasteiger partial charge in [-0.15, -0.1) is 0 Å². The van der Waals surface area contributed by atoms with Gasteiger partial charge in [-0.3, -0.25) is 0 Å². The minimum atomic E-state index is -0.935. The summed E-state index contributed by atoms with van der Waals surface area (Å²) in [5.41, 5.74) is 0.176. The zero-order valence-corrected chi connectivity index (χ0v) is 4.85. The maximum Gasteiger partial charge on any atom is 0.330 e. The van der Waals surface area contributed by atoms with Gasteiger partial charge in [0.2, 0.25) is 0 Å². The standard InChI is InChI=1S/C4H6O2.C2H3/c1-3(2)4(5)6;1-2/h1H2,2H3,(H,5,6);1H,2H2. The molecule has 0 aromatic rings. The molecule has 0 aliphatic carbocycles. The van der Waals surface area contributed by atoms with Crippen LogP contribution in [0.25, 0.3) is 0 Å². The molecular formula is C6H9O2. The highest BCUT2D eigenvalue weighted by molar-refractivity contribution is 5.84. The summed E-state index contributed by atoms with van der Waals surface area (Å²) in [6.45, 7) is 11.6. The van der Waals surface area contributed by atoms with E-state index in [9.17, 15) is 4.79 Å². The van der Waals surface area contributed by atoms with Crippen LogP contribution in [0.4, 0.5) is 0 Å². The third kappa shape index (κ3) is 8.87. The zero-order valence-electron chi connectivity index (χ0n) is 4.85. The van der Waals surface area contributed by atoms with Crippen molar-refractivity contribution >= 4 is 5.97 Å². The molecule has 0 fully saturated rings. The van der Waals surface area contributed by atoms with Crippen LogP contribution >= 0.6 is 0 Å². The molecule has 0 aliphatic rings. The Balaban J connectivity index is 0. The summed E-state index contributed by atoms with van der Waals surface area (Å²) in [5, 5.41) is 7.89. The van der Waals surface area contributed by atoms with E-state index < -0.39 is 5.97 Å².